The SMILES string of the molecule is Cc1ncc([N+](=O)[O-])n1CCOCCC#N. The lowest BCUT2D eigenvalue weighted by Crippen LogP contribution is -2.10. The van der Waals surface area contributed by atoms with Crippen LogP contribution in [0.5, 0.6) is 0 Å². The highest BCUT2D eigenvalue weighted by molar-refractivity contribution is 5.18. The number of aromatic nitrogens is 2. The Balaban J connectivity index is 2.50. The summed E-state index contributed by atoms with van der Waals surface area (Å²) in [5.41, 5.74) is 0. The second kappa shape index (κ2) is 5.82. The molecule has 0 spiro atoms. The predicted molar refractivity (Wildman–Crippen MR) is 54.7 cm³/mol. The summed E-state index contributed by atoms with van der Waals surface area (Å²) in [4.78, 5) is 14.0. The quantitative estimate of drug-likeness (QED) is 0.408. The lowest BCUT2D eigenvalue weighted by molar-refractivity contribution is -0.392. The molecule has 1 rings (SSSR count). The molecule has 0 bridgehead atoms. The minimum Gasteiger partial charge on any atom is -0.376 e. The zero-order valence-corrected chi connectivity index (χ0v) is 8.92. The summed E-state index contributed by atoms with van der Waals surface area (Å²) >= 11 is 0. The van der Waals surface area contributed by atoms with Crippen molar-refractivity contribution in [2.24, 2.45) is 0 Å². The standard InChI is InChI=1S/C9H12N4O3/c1-8-11-7-9(13(14)15)12(8)4-6-16-5-2-3-10/h7H,2,4-6H2,1H3. The monoisotopic (exact) mass is 224 g/mol. The largest absolute Gasteiger partial charge is 0.376 e. The fourth-order valence-corrected chi connectivity index (χ4v) is 1.25. The van der Waals surface area contributed by atoms with Crippen molar-refractivity contribution in [1.82, 2.24) is 9.55 Å². The van der Waals surface area contributed by atoms with E-state index in [0.29, 0.717) is 32.0 Å². The number of nitriles is 1. The van der Waals surface area contributed by atoms with Crippen molar-refractivity contribution in [3.05, 3.63) is 22.1 Å². The Morgan fingerprint density at radius 2 is 2.44 bits per heavy atom. The van der Waals surface area contributed by atoms with Crippen LogP contribution in [0.25, 0.3) is 0 Å². The summed E-state index contributed by atoms with van der Waals surface area (Å²) in [7, 11) is 0. The van der Waals surface area contributed by atoms with Crippen molar-refractivity contribution in [2.45, 2.75) is 19.9 Å². The van der Waals surface area contributed by atoms with E-state index in [-0.39, 0.29) is 5.82 Å². The molecule has 1 aromatic rings. The topological polar surface area (TPSA) is 94.0 Å². The number of nitrogens with zero attached hydrogens (tertiary/aromatic N) is 4. The normalized spacial score (nSPS) is 10.0. The van der Waals surface area contributed by atoms with E-state index in [0.717, 1.165) is 0 Å². The molecule has 0 aliphatic rings. The first kappa shape index (κ1) is 12.1. The molecule has 7 heteroatoms. The zero-order chi connectivity index (χ0) is 12.0. The van der Waals surface area contributed by atoms with Gasteiger partial charge in [0.2, 0.25) is 0 Å². The molecule has 0 fully saturated rings. The van der Waals surface area contributed by atoms with Gasteiger partial charge < -0.3 is 14.9 Å². The van der Waals surface area contributed by atoms with Gasteiger partial charge in [-0.25, -0.2) is 9.55 Å². The van der Waals surface area contributed by atoms with Crippen LogP contribution in [0.4, 0.5) is 5.82 Å². The van der Waals surface area contributed by atoms with Crippen molar-refractivity contribution in [3.63, 3.8) is 0 Å². The van der Waals surface area contributed by atoms with E-state index in [2.05, 4.69) is 4.98 Å². The van der Waals surface area contributed by atoms with Crippen LogP contribution >= 0.6 is 0 Å². The Labute approximate surface area is 92.4 Å². The van der Waals surface area contributed by atoms with Gasteiger partial charge in [0.25, 0.3) is 0 Å². The van der Waals surface area contributed by atoms with Crippen molar-refractivity contribution in [2.75, 3.05) is 13.2 Å². The van der Waals surface area contributed by atoms with E-state index >= 15 is 0 Å². The first-order valence-electron chi connectivity index (χ1n) is 4.78. The fourth-order valence-electron chi connectivity index (χ4n) is 1.25. The van der Waals surface area contributed by atoms with E-state index < -0.39 is 4.92 Å². The molecule has 0 amide bonds. The average molecular weight is 224 g/mol. The Morgan fingerprint density at radius 3 is 3.06 bits per heavy atom. The van der Waals surface area contributed by atoms with Crippen LogP contribution in [0, 0.1) is 28.4 Å². The van der Waals surface area contributed by atoms with Gasteiger partial charge in [-0.2, -0.15) is 5.26 Å². The number of aryl methyl sites for hydroxylation is 1. The van der Waals surface area contributed by atoms with Crippen molar-refractivity contribution in [3.8, 4) is 6.07 Å². The molecule has 0 saturated heterocycles. The molecule has 0 aromatic carbocycles. The van der Waals surface area contributed by atoms with Crippen molar-refractivity contribution in [1.29, 1.82) is 5.26 Å². The Morgan fingerprint density at radius 1 is 1.69 bits per heavy atom. The van der Waals surface area contributed by atoms with E-state index in [1.807, 2.05) is 6.07 Å². The maximum absolute atomic E-state index is 10.6. The van der Waals surface area contributed by atoms with E-state index in [1.165, 1.54) is 10.8 Å². The highest BCUT2D eigenvalue weighted by atomic mass is 16.6. The summed E-state index contributed by atoms with van der Waals surface area (Å²) in [5.74, 6) is 0.539. The van der Waals surface area contributed by atoms with Gasteiger partial charge in [0.15, 0.2) is 5.82 Å². The molecule has 1 heterocycles. The molecule has 0 atom stereocenters. The van der Waals surface area contributed by atoms with Crippen LogP contribution in [0.3, 0.4) is 0 Å². The maximum atomic E-state index is 10.6. The maximum Gasteiger partial charge on any atom is 0.342 e. The molecule has 16 heavy (non-hydrogen) atoms. The van der Waals surface area contributed by atoms with Gasteiger partial charge in [0.05, 0.1) is 25.7 Å². The summed E-state index contributed by atoms with van der Waals surface area (Å²) in [6.07, 6.45) is 1.55. The summed E-state index contributed by atoms with van der Waals surface area (Å²) in [6, 6.07) is 1.95. The zero-order valence-electron chi connectivity index (χ0n) is 8.92. The third kappa shape index (κ3) is 3.03. The van der Waals surface area contributed by atoms with Gasteiger partial charge in [-0.3, -0.25) is 0 Å². The first-order chi connectivity index (χ1) is 7.66. The number of imidazole rings is 1. The van der Waals surface area contributed by atoms with E-state index in [1.54, 1.807) is 6.92 Å². The average Bonchev–Trinajstić information content (AvgIpc) is 2.60. The highest BCUT2D eigenvalue weighted by Gasteiger charge is 2.16. The molecule has 1 aromatic heterocycles. The van der Waals surface area contributed by atoms with Crippen LogP contribution < -0.4 is 0 Å². The number of ether oxygens (including phenoxy) is 1. The number of hydrogen-bond acceptors (Lipinski definition) is 5. The molecule has 7 nitrogen and oxygen atoms in total. The Bertz CT molecular complexity index is 407. The minimum absolute atomic E-state index is 0.0404. The Hall–Kier alpha value is -1.94. The summed E-state index contributed by atoms with van der Waals surface area (Å²) in [6.45, 7) is 2.74. The number of hydrogen-bond donors (Lipinski definition) is 0. The van der Waals surface area contributed by atoms with Crippen LogP contribution in [0.15, 0.2) is 6.20 Å². The second-order valence-electron chi connectivity index (χ2n) is 3.09. The molecule has 0 aliphatic carbocycles. The van der Waals surface area contributed by atoms with Crippen LogP contribution in [0.1, 0.15) is 12.2 Å². The highest BCUT2D eigenvalue weighted by Crippen LogP contribution is 2.12. The summed E-state index contributed by atoms with van der Waals surface area (Å²) < 4.78 is 6.62. The lowest BCUT2D eigenvalue weighted by atomic mass is 10.5. The fraction of sp³-hybridized carbons (Fsp3) is 0.556. The molecule has 0 saturated carbocycles. The van der Waals surface area contributed by atoms with Gasteiger partial charge in [-0.15, -0.1) is 0 Å². The van der Waals surface area contributed by atoms with Crippen molar-refractivity contribution >= 4 is 5.82 Å². The third-order valence-corrected chi connectivity index (χ3v) is 2.04. The second-order valence-corrected chi connectivity index (χ2v) is 3.09. The lowest BCUT2D eigenvalue weighted by Gasteiger charge is -2.03. The van der Waals surface area contributed by atoms with Gasteiger partial charge >= 0.3 is 5.82 Å². The Kier molecular flexibility index (Phi) is 4.42. The van der Waals surface area contributed by atoms with E-state index in [9.17, 15) is 10.1 Å². The van der Waals surface area contributed by atoms with Gasteiger partial charge in [-0.05, 0) is 4.92 Å². The summed E-state index contributed by atoms with van der Waals surface area (Å²) in [5, 5.41) is 18.9. The minimum atomic E-state index is -0.477. The molecule has 0 unspecified atom stereocenters. The van der Waals surface area contributed by atoms with Crippen molar-refractivity contribution < 1.29 is 9.66 Å². The van der Waals surface area contributed by atoms with Gasteiger partial charge in [0, 0.05) is 6.92 Å². The molecule has 0 radical (unpaired) electrons. The first-order valence-corrected chi connectivity index (χ1v) is 4.78. The smallest absolute Gasteiger partial charge is 0.342 e. The van der Waals surface area contributed by atoms with E-state index in [4.69, 9.17) is 10.00 Å². The van der Waals surface area contributed by atoms with Gasteiger partial charge in [-0.1, -0.05) is 0 Å². The number of rotatable bonds is 6. The van der Waals surface area contributed by atoms with Crippen LogP contribution in [0.2, 0.25) is 0 Å². The molecule has 0 N–H and O–H groups in total. The predicted octanol–water partition coefficient (Wildman–Crippen LogP) is 1.03. The van der Waals surface area contributed by atoms with Gasteiger partial charge in [0.1, 0.15) is 12.7 Å². The molecule has 86 valence electrons. The number of nitro groups is 1. The molecule has 0 aliphatic heterocycles. The van der Waals surface area contributed by atoms with Crippen LogP contribution in [-0.4, -0.2) is 27.7 Å². The molecular formula is C9H12N4O3. The molecular weight excluding hydrogens is 212 g/mol. The third-order valence-electron chi connectivity index (χ3n) is 2.04. The van der Waals surface area contributed by atoms with Crippen LogP contribution in [-0.2, 0) is 11.3 Å².